The van der Waals surface area contributed by atoms with Crippen molar-refractivity contribution >= 4 is 29.0 Å². The predicted octanol–water partition coefficient (Wildman–Crippen LogP) is 3.00. The molecule has 1 saturated heterocycles. The maximum absolute atomic E-state index is 12.4. The van der Waals surface area contributed by atoms with Crippen LogP contribution in [0.15, 0.2) is 48.5 Å². The Labute approximate surface area is 176 Å². The molecule has 0 spiro atoms. The van der Waals surface area contributed by atoms with Crippen molar-refractivity contribution in [3.05, 3.63) is 54.1 Å². The second-order valence-corrected chi connectivity index (χ2v) is 7.32. The van der Waals surface area contributed by atoms with Crippen molar-refractivity contribution in [2.45, 2.75) is 26.2 Å². The van der Waals surface area contributed by atoms with Crippen LogP contribution in [-0.4, -0.2) is 37.3 Å². The second kappa shape index (κ2) is 9.91. The molecular weight excluding hydrogens is 382 g/mol. The molecule has 2 amide bonds. The number of piperidine rings is 1. The van der Waals surface area contributed by atoms with E-state index in [2.05, 4.69) is 10.2 Å². The van der Waals surface area contributed by atoms with Crippen LogP contribution >= 0.6 is 0 Å². The molecule has 1 aliphatic heterocycles. The quantitative estimate of drug-likeness (QED) is 0.653. The summed E-state index contributed by atoms with van der Waals surface area (Å²) in [5.74, 6) is -0.0190. The summed E-state index contributed by atoms with van der Waals surface area (Å²) in [7, 11) is 0. The van der Waals surface area contributed by atoms with E-state index in [1.807, 2.05) is 31.2 Å². The zero-order valence-corrected chi connectivity index (χ0v) is 17.1. The van der Waals surface area contributed by atoms with Gasteiger partial charge in [0.1, 0.15) is 5.75 Å². The van der Waals surface area contributed by atoms with E-state index < -0.39 is 0 Å². The molecule has 1 heterocycles. The van der Waals surface area contributed by atoms with Gasteiger partial charge in [0.25, 0.3) is 5.91 Å². The van der Waals surface area contributed by atoms with Gasteiger partial charge in [-0.3, -0.25) is 14.4 Å². The van der Waals surface area contributed by atoms with Gasteiger partial charge in [-0.2, -0.15) is 0 Å². The van der Waals surface area contributed by atoms with Gasteiger partial charge < -0.3 is 20.7 Å². The predicted molar refractivity (Wildman–Crippen MR) is 116 cm³/mol. The number of rotatable bonds is 8. The third kappa shape index (κ3) is 5.37. The van der Waals surface area contributed by atoms with E-state index in [1.54, 1.807) is 24.3 Å². The highest BCUT2D eigenvalue weighted by atomic mass is 16.5. The van der Waals surface area contributed by atoms with Crippen LogP contribution in [0.4, 0.5) is 11.4 Å². The average Bonchev–Trinajstić information content (AvgIpc) is 2.78. The van der Waals surface area contributed by atoms with Crippen molar-refractivity contribution in [1.82, 2.24) is 0 Å². The third-order valence-electron chi connectivity index (χ3n) is 5.28. The summed E-state index contributed by atoms with van der Waals surface area (Å²) in [5, 5.41) is 2.90. The molecule has 30 heavy (non-hydrogen) atoms. The molecule has 2 aromatic carbocycles. The van der Waals surface area contributed by atoms with Crippen LogP contribution in [-0.2, 0) is 9.59 Å². The number of Topliss-reactive ketones (excluding diaryl/α,β-unsaturated/α-hetero) is 1. The van der Waals surface area contributed by atoms with Gasteiger partial charge in [-0.05, 0) is 49.2 Å². The maximum Gasteiger partial charge on any atom is 0.262 e. The first-order valence-corrected chi connectivity index (χ1v) is 10.2. The fraction of sp³-hybridized carbons (Fsp3) is 0.348. The normalized spacial score (nSPS) is 14.2. The first-order chi connectivity index (χ1) is 14.5. The molecule has 0 aliphatic carbocycles. The Morgan fingerprint density at radius 1 is 1.07 bits per heavy atom. The van der Waals surface area contributed by atoms with Gasteiger partial charge in [0.15, 0.2) is 12.4 Å². The lowest BCUT2D eigenvalue weighted by molar-refractivity contribution is -0.122. The number of hydrogen-bond acceptors (Lipinski definition) is 5. The maximum atomic E-state index is 12.4. The van der Waals surface area contributed by atoms with Gasteiger partial charge in [-0.25, -0.2) is 0 Å². The molecule has 3 N–H and O–H groups in total. The van der Waals surface area contributed by atoms with Gasteiger partial charge in [0.05, 0.1) is 11.4 Å². The number of carbonyl (C=O) groups is 3. The van der Waals surface area contributed by atoms with Crippen LogP contribution in [0.3, 0.4) is 0 Å². The van der Waals surface area contributed by atoms with E-state index in [-0.39, 0.29) is 30.1 Å². The van der Waals surface area contributed by atoms with E-state index in [1.165, 1.54) is 0 Å². The van der Waals surface area contributed by atoms with Gasteiger partial charge in [0, 0.05) is 31.0 Å². The zero-order valence-electron chi connectivity index (χ0n) is 17.1. The van der Waals surface area contributed by atoms with Crippen LogP contribution in [0.5, 0.6) is 5.75 Å². The summed E-state index contributed by atoms with van der Waals surface area (Å²) in [5.41, 5.74) is 7.66. The fourth-order valence-corrected chi connectivity index (χ4v) is 3.54. The van der Waals surface area contributed by atoms with Gasteiger partial charge in [-0.1, -0.05) is 19.1 Å². The molecule has 2 aromatic rings. The van der Waals surface area contributed by atoms with Crippen LogP contribution in [0.25, 0.3) is 0 Å². The zero-order chi connectivity index (χ0) is 21.5. The topological polar surface area (TPSA) is 102 Å². The van der Waals surface area contributed by atoms with Crippen LogP contribution < -0.4 is 20.7 Å². The summed E-state index contributed by atoms with van der Waals surface area (Å²) in [6.07, 6.45) is 1.86. The van der Waals surface area contributed by atoms with Crippen molar-refractivity contribution in [3.63, 3.8) is 0 Å². The minimum absolute atomic E-state index is 0.0655. The highest BCUT2D eigenvalue weighted by Gasteiger charge is 2.24. The first-order valence-electron chi connectivity index (χ1n) is 10.2. The number of anilines is 2. The Balaban J connectivity index is 1.57. The number of nitrogens with zero attached hydrogens (tertiary/aromatic N) is 1. The number of nitrogens with one attached hydrogen (secondary N) is 1. The first kappa shape index (κ1) is 21.4. The lowest BCUT2D eigenvalue weighted by atomic mass is 9.96. The van der Waals surface area contributed by atoms with E-state index in [0.717, 1.165) is 5.69 Å². The minimum atomic E-state index is -0.275. The monoisotopic (exact) mass is 409 g/mol. The molecule has 0 saturated carbocycles. The van der Waals surface area contributed by atoms with E-state index in [9.17, 15) is 14.4 Å². The van der Waals surface area contributed by atoms with Crippen molar-refractivity contribution in [1.29, 1.82) is 0 Å². The third-order valence-corrected chi connectivity index (χ3v) is 5.28. The molecule has 0 bridgehead atoms. The summed E-state index contributed by atoms with van der Waals surface area (Å²) >= 11 is 0. The number of para-hydroxylation sites is 2. The molecule has 0 unspecified atom stereocenters. The highest BCUT2D eigenvalue weighted by Crippen LogP contribution is 2.29. The van der Waals surface area contributed by atoms with Gasteiger partial charge >= 0.3 is 0 Å². The van der Waals surface area contributed by atoms with Crippen LogP contribution in [0, 0.1) is 5.92 Å². The molecular formula is C23H27N3O4. The number of ketones is 1. The Bertz CT molecular complexity index is 903. The molecule has 7 heteroatoms. The van der Waals surface area contributed by atoms with E-state index in [4.69, 9.17) is 10.5 Å². The standard InChI is InChI=1S/C23H27N3O4/c1-2-21(27)16-7-9-18(10-8-16)30-15-22(28)25-19-5-3-4-6-20(19)26-13-11-17(12-14-26)23(24)29/h3-10,17H,2,11-15H2,1H3,(H2,24,29)(H,25,28). The number of nitrogens with two attached hydrogens (primary N) is 1. The van der Waals surface area contributed by atoms with Crippen molar-refractivity contribution in [2.24, 2.45) is 11.7 Å². The average molecular weight is 409 g/mol. The Morgan fingerprint density at radius 2 is 1.73 bits per heavy atom. The number of hydrogen-bond donors (Lipinski definition) is 2. The largest absolute Gasteiger partial charge is 0.484 e. The number of carbonyl (C=O) groups excluding carboxylic acids is 3. The molecule has 1 aliphatic rings. The van der Waals surface area contributed by atoms with Crippen molar-refractivity contribution in [2.75, 3.05) is 29.9 Å². The fourth-order valence-electron chi connectivity index (χ4n) is 3.54. The highest BCUT2D eigenvalue weighted by molar-refractivity contribution is 5.96. The van der Waals surface area contributed by atoms with Crippen LogP contribution in [0.2, 0.25) is 0 Å². The summed E-state index contributed by atoms with van der Waals surface area (Å²) < 4.78 is 5.55. The molecule has 0 radical (unpaired) electrons. The molecule has 0 atom stereocenters. The SMILES string of the molecule is CCC(=O)c1ccc(OCC(=O)Nc2ccccc2N2CCC(C(N)=O)CC2)cc1. The molecule has 158 valence electrons. The Hall–Kier alpha value is -3.35. The molecule has 0 aromatic heterocycles. The minimum Gasteiger partial charge on any atom is -0.484 e. The number of benzene rings is 2. The molecule has 7 nitrogen and oxygen atoms in total. The molecule has 3 rings (SSSR count). The lowest BCUT2D eigenvalue weighted by Crippen LogP contribution is -2.39. The summed E-state index contributed by atoms with van der Waals surface area (Å²) in [4.78, 5) is 37.6. The van der Waals surface area contributed by atoms with Crippen molar-refractivity contribution < 1.29 is 19.1 Å². The summed E-state index contributed by atoms with van der Waals surface area (Å²) in [6.45, 7) is 3.09. The number of amides is 2. The second-order valence-electron chi connectivity index (χ2n) is 7.32. The van der Waals surface area contributed by atoms with E-state index >= 15 is 0 Å². The number of primary amides is 1. The smallest absolute Gasteiger partial charge is 0.262 e. The van der Waals surface area contributed by atoms with Gasteiger partial charge in [-0.15, -0.1) is 0 Å². The Morgan fingerprint density at radius 3 is 2.37 bits per heavy atom. The van der Waals surface area contributed by atoms with Crippen LogP contribution in [0.1, 0.15) is 36.5 Å². The van der Waals surface area contributed by atoms with Crippen molar-refractivity contribution in [3.8, 4) is 5.75 Å². The van der Waals surface area contributed by atoms with Gasteiger partial charge in [0.2, 0.25) is 5.91 Å². The molecule has 1 fully saturated rings. The lowest BCUT2D eigenvalue weighted by Gasteiger charge is -2.33. The Kier molecular flexibility index (Phi) is 7.06. The summed E-state index contributed by atoms with van der Waals surface area (Å²) in [6, 6.07) is 14.3. The number of ether oxygens (including phenoxy) is 1. The van der Waals surface area contributed by atoms with E-state index in [0.29, 0.717) is 49.4 Å².